The number of ether oxygens (including phenoxy) is 2. The number of benzene rings is 1. The normalized spacial score (nSPS) is 32.7. The molecule has 29 heavy (non-hydrogen) atoms. The predicted molar refractivity (Wildman–Crippen MR) is 120 cm³/mol. The zero-order valence-corrected chi connectivity index (χ0v) is 19.3. The van der Waals surface area contributed by atoms with Gasteiger partial charge in [0, 0.05) is 13.5 Å². The number of methoxy groups -OCH3 is 1. The smallest absolute Gasteiger partial charge is 0.200 e. The first-order valence-electron chi connectivity index (χ1n) is 12.1. The fourth-order valence-electron chi connectivity index (χ4n) is 7.31. The Hall–Kier alpha value is -1.02. The molecule has 0 heterocycles. The summed E-state index contributed by atoms with van der Waals surface area (Å²) < 4.78 is 12.2. The molecule has 2 unspecified atom stereocenters. The summed E-state index contributed by atoms with van der Waals surface area (Å²) in [5.41, 5.74) is 1.92. The molecule has 0 saturated heterocycles. The largest absolute Gasteiger partial charge is 0.465 e. The highest BCUT2D eigenvalue weighted by Gasteiger charge is 2.51. The molecule has 1 aromatic rings. The van der Waals surface area contributed by atoms with Crippen LogP contribution in [-0.2, 0) is 4.74 Å². The molecule has 4 fully saturated rings. The van der Waals surface area contributed by atoms with E-state index in [1.807, 2.05) is 7.11 Å². The zero-order valence-electron chi connectivity index (χ0n) is 19.3. The molecular formula is C27H42O2. The van der Waals surface area contributed by atoms with E-state index in [0.29, 0.717) is 17.3 Å². The molecule has 0 spiro atoms. The Balaban J connectivity index is 1.40. The summed E-state index contributed by atoms with van der Waals surface area (Å²) in [7, 11) is 1.82. The maximum atomic E-state index is 6.36. The van der Waals surface area contributed by atoms with Gasteiger partial charge in [-0.15, -0.1) is 0 Å². The van der Waals surface area contributed by atoms with Gasteiger partial charge in [-0.25, -0.2) is 0 Å². The second kappa shape index (κ2) is 8.61. The summed E-state index contributed by atoms with van der Waals surface area (Å²) in [6, 6.07) is 8.88. The highest BCUT2D eigenvalue weighted by Crippen LogP contribution is 2.61. The maximum Gasteiger partial charge on any atom is 0.200 e. The van der Waals surface area contributed by atoms with Crippen molar-refractivity contribution in [1.29, 1.82) is 0 Å². The molecule has 2 nitrogen and oxygen atoms in total. The minimum Gasteiger partial charge on any atom is -0.465 e. The molecule has 2 heteroatoms. The van der Waals surface area contributed by atoms with E-state index in [2.05, 4.69) is 52.0 Å². The number of hydrogen-bond donors (Lipinski definition) is 0. The van der Waals surface area contributed by atoms with E-state index in [1.54, 1.807) is 0 Å². The average Bonchev–Trinajstić information content (AvgIpc) is 2.64. The van der Waals surface area contributed by atoms with E-state index in [-0.39, 0.29) is 6.29 Å². The lowest BCUT2D eigenvalue weighted by Crippen LogP contribution is -2.48. The fraction of sp³-hybridized carbons (Fsp3) is 0.778. The van der Waals surface area contributed by atoms with Crippen LogP contribution in [0, 0.1) is 35.0 Å². The van der Waals surface area contributed by atoms with Crippen molar-refractivity contribution in [2.75, 3.05) is 7.11 Å². The molecule has 0 amide bonds. The lowest BCUT2D eigenvalue weighted by molar-refractivity contribution is -0.129. The Labute approximate surface area is 178 Å². The lowest BCUT2D eigenvalue weighted by Gasteiger charge is -2.57. The summed E-state index contributed by atoms with van der Waals surface area (Å²) in [5.74, 6) is 5.89. The van der Waals surface area contributed by atoms with E-state index in [9.17, 15) is 0 Å². The van der Waals surface area contributed by atoms with Crippen LogP contribution in [0.15, 0.2) is 24.3 Å². The number of rotatable bonds is 9. The van der Waals surface area contributed by atoms with Crippen LogP contribution in [0.25, 0.3) is 0 Å². The van der Waals surface area contributed by atoms with Crippen molar-refractivity contribution in [2.45, 2.75) is 91.3 Å². The van der Waals surface area contributed by atoms with Crippen molar-refractivity contribution in [3.63, 3.8) is 0 Å². The first-order chi connectivity index (χ1) is 13.9. The second-order valence-electron chi connectivity index (χ2n) is 11.5. The second-order valence-corrected chi connectivity index (χ2v) is 11.5. The summed E-state index contributed by atoms with van der Waals surface area (Å²) in [6.45, 7) is 9.31. The van der Waals surface area contributed by atoms with Crippen LogP contribution in [0.2, 0.25) is 0 Å². The first-order valence-corrected chi connectivity index (χ1v) is 12.1. The van der Waals surface area contributed by atoms with Gasteiger partial charge in [0.05, 0.1) is 0 Å². The highest BCUT2D eigenvalue weighted by molar-refractivity contribution is 5.30. The third-order valence-corrected chi connectivity index (χ3v) is 8.13. The van der Waals surface area contributed by atoms with Gasteiger partial charge in [-0.05, 0) is 104 Å². The molecular weight excluding hydrogens is 356 g/mol. The lowest BCUT2D eigenvalue weighted by atomic mass is 9.49. The number of hydrogen-bond acceptors (Lipinski definition) is 2. The zero-order chi connectivity index (χ0) is 20.6. The minimum absolute atomic E-state index is 0.117. The van der Waals surface area contributed by atoms with Crippen LogP contribution in [0.3, 0.4) is 0 Å². The SMILES string of the molecule is COC(CC12CC3CC(CC(C3)C1)C2)Oc1ccc(C(CC(C)C)C(C)C)cc1. The Kier molecular flexibility index (Phi) is 6.30. The van der Waals surface area contributed by atoms with E-state index in [0.717, 1.165) is 35.8 Å². The Morgan fingerprint density at radius 3 is 1.90 bits per heavy atom. The average molecular weight is 399 g/mol. The van der Waals surface area contributed by atoms with E-state index >= 15 is 0 Å². The highest BCUT2D eigenvalue weighted by atomic mass is 16.7. The van der Waals surface area contributed by atoms with Crippen LogP contribution in [-0.4, -0.2) is 13.4 Å². The summed E-state index contributed by atoms with van der Waals surface area (Å²) in [4.78, 5) is 0. The van der Waals surface area contributed by atoms with Gasteiger partial charge in [0.25, 0.3) is 0 Å². The monoisotopic (exact) mass is 398 g/mol. The molecule has 0 aliphatic heterocycles. The standard InChI is InChI=1S/C27H42O2/c1-18(2)10-25(19(3)4)23-6-8-24(9-7-23)29-26(28-5)17-27-14-20-11-21(15-27)13-22(12-20)16-27/h6-9,18-22,25-26H,10-17H2,1-5H3. The van der Waals surface area contributed by atoms with Gasteiger partial charge in [0.15, 0.2) is 6.29 Å². The third-order valence-electron chi connectivity index (χ3n) is 8.13. The van der Waals surface area contributed by atoms with Crippen LogP contribution in [0.4, 0.5) is 0 Å². The molecule has 1 aromatic carbocycles. The molecule has 4 aliphatic rings. The van der Waals surface area contributed by atoms with E-state index in [4.69, 9.17) is 9.47 Å². The molecule has 5 rings (SSSR count). The van der Waals surface area contributed by atoms with Crippen molar-refractivity contribution < 1.29 is 9.47 Å². The molecule has 4 saturated carbocycles. The third kappa shape index (κ3) is 4.84. The van der Waals surface area contributed by atoms with Gasteiger partial charge in [-0.2, -0.15) is 0 Å². The van der Waals surface area contributed by atoms with E-state index < -0.39 is 0 Å². The summed E-state index contributed by atoms with van der Waals surface area (Å²) >= 11 is 0. The summed E-state index contributed by atoms with van der Waals surface area (Å²) in [5, 5.41) is 0. The van der Waals surface area contributed by atoms with Crippen LogP contribution >= 0.6 is 0 Å². The molecule has 4 bridgehead atoms. The van der Waals surface area contributed by atoms with Crippen molar-refractivity contribution in [2.24, 2.45) is 35.0 Å². The van der Waals surface area contributed by atoms with Crippen molar-refractivity contribution >= 4 is 0 Å². The summed E-state index contributed by atoms with van der Waals surface area (Å²) in [6.07, 6.45) is 10.9. The van der Waals surface area contributed by atoms with Gasteiger partial charge >= 0.3 is 0 Å². The van der Waals surface area contributed by atoms with Crippen molar-refractivity contribution in [1.82, 2.24) is 0 Å². The fourth-order valence-corrected chi connectivity index (χ4v) is 7.31. The molecule has 0 N–H and O–H groups in total. The Bertz CT molecular complexity index is 624. The van der Waals surface area contributed by atoms with Gasteiger partial charge in [0.1, 0.15) is 5.75 Å². The molecule has 0 radical (unpaired) electrons. The van der Waals surface area contributed by atoms with Gasteiger partial charge in [-0.3, -0.25) is 0 Å². The van der Waals surface area contributed by atoms with Gasteiger partial charge < -0.3 is 9.47 Å². The molecule has 162 valence electrons. The molecule has 4 aliphatic carbocycles. The van der Waals surface area contributed by atoms with Crippen LogP contribution in [0.1, 0.15) is 90.5 Å². The maximum absolute atomic E-state index is 6.36. The Morgan fingerprint density at radius 1 is 0.897 bits per heavy atom. The molecule has 2 atom stereocenters. The van der Waals surface area contributed by atoms with Crippen molar-refractivity contribution in [3.8, 4) is 5.75 Å². The minimum atomic E-state index is -0.117. The van der Waals surface area contributed by atoms with Gasteiger partial charge in [0.2, 0.25) is 0 Å². The first kappa shape index (κ1) is 21.2. The van der Waals surface area contributed by atoms with Gasteiger partial charge in [-0.1, -0.05) is 39.8 Å². The van der Waals surface area contributed by atoms with E-state index in [1.165, 1.54) is 50.5 Å². The predicted octanol–water partition coefficient (Wildman–Crippen LogP) is 7.43. The Morgan fingerprint density at radius 2 is 1.45 bits per heavy atom. The topological polar surface area (TPSA) is 18.5 Å². The molecule has 0 aromatic heterocycles. The van der Waals surface area contributed by atoms with Crippen LogP contribution < -0.4 is 4.74 Å². The van der Waals surface area contributed by atoms with Crippen molar-refractivity contribution in [3.05, 3.63) is 29.8 Å². The van der Waals surface area contributed by atoms with Crippen LogP contribution in [0.5, 0.6) is 5.75 Å². The quantitative estimate of drug-likeness (QED) is 0.403.